The van der Waals surface area contributed by atoms with E-state index in [0.29, 0.717) is 0 Å². The Morgan fingerprint density at radius 3 is 2.56 bits per heavy atom. The van der Waals surface area contributed by atoms with E-state index in [9.17, 15) is 10.1 Å². The monoisotopic (exact) mass is 234 g/mol. The van der Waals surface area contributed by atoms with Gasteiger partial charge < -0.3 is 5.73 Å². The van der Waals surface area contributed by atoms with E-state index in [4.69, 9.17) is 5.73 Å². The highest BCUT2D eigenvalue weighted by Gasteiger charge is 2.12. The summed E-state index contributed by atoms with van der Waals surface area (Å²) in [6.45, 7) is 2.02. The summed E-state index contributed by atoms with van der Waals surface area (Å²) in [7, 11) is 0. The summed E-state index contributed by atoms with van der Waals surface area (Å²) in [5, 5.41) is 10.6. The first-order valence-corrected chi connectivity index (χ1v) is 5.50. The molecule has 82 valence electrons. The third-order valence-electron chi connectivity index (χ3n) is 2.25. The predicted molar refractivity (Wildman–Crippen MR) is 65.6 cm³/mol. The third-order valence-corrected chi connectivity index (χ3v) is 3.30. The number of nitro groups is 1. The normalized spacial score (nSPS) is 10.3. The van der Waals surface area contributed by atoms with Gasteiger partial charge in [-0.3, -0.25) is 10.1 Å². The largest absolute Gasteiger partial charge is 0.393 e. The molecule has 1 aromatic carbocycles. The van der Waals surface area contributed by atoms with Crippen LogP contribution in [-0.4, -0.2) is 4.92 Å². The van der Waals surface area contributed by atoms with E-state index < -0.39 is 4.92 Å². The van der Waals surface area contributed by atoms with Gasteiger partial charge >= 0.3 is 0 Å². The molecule has 16 heavy (non-hydrogen) atoms. The molecular formula is C11H10N2O2S. The molecule has 0 saturated carbocycles. The first-order chi connectivity index (χ1) is 7.58. The maximum Gasteiger partial charge on any atom is 0.292 e. The van der Waals surface area contributed by atoms with Crippen LogP contribution in [0.15, 0.2) is 30.3 Å². The fourth-order valence-corrected chi connectivity index (χ4v) is 2.33. The molecule has 2 N–H and O–H groups in total. The molecule has 0 fully saturated rings. The van der Waals surface area contributed by atoms with Crippen LogP contribution < -0.4 is 5.73 Å². The van der Waals surface area contributed by atoms with E-state index in [2.05, 4.69) is 0 Å². The van der Waals surface area contributed by atoms with Crippen molar-refractivity contribution < 1.29 is 4.92 Å². The zero-order valence-electron chi connectivity index (χ0n) is 8.64. The molecular weight excluding hydrogens is 224 g/mol. The molecule has 1 aromatic heterocycles. The van der Waals surface area contributed by atoms with Gasteiger partial charge in [-0.15, -0.1) is 11.3 Å². The summed E-state index contributed by atoms with van der Waals surface area (Å²) in [4.78, 5) is 12.4. The van der Waals surface area contributed by atoms with Crippen LogP contribution in [0.3, 0.4) is 0 Å². The Labute approximate surface area is 96.5 Å². The summed E-state index contributed by atoms with van der Waals surface area (Å²) in [6, 6.07) is 8.81. The maximum absolute atomic E-state index is 10.6. The molecule has 0 amide bonds. The molecule has 0 aliphatic rings. The first-order valence-electron chi connectivity index (χ1n) is 4.68. The lowest BCUT2D eigenvalue weighted by molar-refractivity contribution is -0.383. The number of nitro benzene ring substituents is 1. The van der Waals surface area contributed by atoms with Crippen molar-refractivity contribution in [2.75, 3.05) is 5.73 Å². The Kier molecular flexibility index (Phi) is 2.62. The molecule has 0 saturated heterocycles. The van der Waals surface area contributed by atoms with Crippen LogP contribution in [0.1, 0.15) is 4.88 Å². The molecule has 0 spiro atoms. The average Bonchev–Trinajstić information content (AvgIpc) is 2.64. The fraction of sp³-hybridized carbons (Fsp3) is 0.0909. The second-order valence-electron chi connectivity index (χ2n) is 3.44. The average molecular weight is 234 g/mol. The fourth-order valence-electron chi connectivity index (χ4n) is 1.46. The number of nitrogens with two attached hydrogens (primary N) is 1. The minimum Gasteiger partial charge on any atom is -0.393 e. The van der Waals surface area contributed by atoms with Crippen LogP contribution in [0, 0.1) is 17.0 Å². The highest BCUT2D eigenvalue weighted by Crippen LogP contribution is 2.32. The van der Waals surface area contributed by atoms with E-state index >= 15 is 0 Å². The molecule has 0 bridgehead atoms. The Morgan fingerprint density at radius 2 is 2.06 bits per heavy atom. The number of nitrogens with zero attached hydrogens (tertiary/aromatic N) is 1. The molecule has 0 atom stereocenters. The Hall–Kier alpha value is -1.88. The van der Waals surface area contributed by atoms with Gasteiger partial charge in [-0.25, -0.2) is 0 Å². The molecule has 0 unspecified atom stereocenters. The molecule has 0 aliphatic heterocycles. The van der Waals surface area contributed by atoms with Gasteiger partial charge in [0, 0.05) is 15.8 Å². The molecule has 5 heteroatoms. The minimum absolute atomic E-state index is 0.0444. The van der Waals surface area contributed by atoms with Gasteiger partial charge in [0.1, 0.15) is 5.69 Å². The van der Waals surface area contributed by atoms with Crippen molar-refractivity contribution in [1.29, 1.82) is 0 Å². The zero-order valence-corrected chi connectivity index (χ0v) is 9.45. The highest BCUT2D eigenvalue weighted by molar-refractivity contribution is 7.15. The van der Waals surface area contributed by atoms with Gasteiger partial charge in [0.05, 0.1) is 4.92 Å². The first kappa shape index (κ1) is 10.6. The number of benzene rings is 1. The van der Waals surface area contributed by atoms with Crippen molar-refractivity contribution in [3.8, 4) is 10.4 Å². The van der Waals surface area contributed by atoms with E-state index in [1.807, 2.05) is 19.1 Å². The molecule has 2 rings (SSSR count). The van der Waals surface area contributed by atoms with Gasteiger partial charge in [-0.1, -0.05) is 0 Å². The van der Waals surface area contributed by atoms with Crippen LogP contribution in [-0.2, 0) is 0 Å². The van der Waals surface area contributed by atoms with Crippen molar-refractivity contribution in [3.63, 3.8) is 0 Å². The summed E-state index contributed by atoms with van der Waals surface area (Å²) >= 11 is 1.64. The van der Waals surface area contributed by atoms with Crippen molar-refractivity contribution in [2.45, 2.75) is 6.92 Å². The van der Waals surface area contributed by atoms with Gasteiger partial charge in [0.25, 0.3) is 5.69 Å². The summed E-state index contributed by atoms with van der Waals surface area (Å²) < 4.78 is 0. The maximum atomic E-state index is 10.6. The minimum atomic E-state index is -0.473. The third kappa shape index (κ3) is 1.90. The predicted octanol–water partition coefficient (Wildman–Crippen LogP) is 3.21. The Balaban J connectivity index is 2.45. The van der Waals surface area contributed by atoms with Crippen LogP contribution >= 0.6 is 11.3 Å². The highest BCUT2D eigenvalue weighted by atomic mass is 32.1. The van der Waals surface area contributed by atoms with Crippen LogP contribution in [0.5, 0.6) is 0 Å². The van der Waals surface area contributed by atoms with Crippen LogP contribution in [0.4, 0.5) is 11.4 Å². The van der Waals surface area contributed by atoms with E-state index in [-0.39, 0.29) is 11.4 Å². The van der Waals surface area contributed by atoms with Gasteiger partial charge in [0.2, 0.25) is 0 Å². The Morgan fingerprint density at radius 1 is 1.31 bits per heavy atom. The van der Waals surface area contributed by atoms with Crippen LogP contribution in [0.25, 0.3) is 10.4 Å². The quantitative estimate of drug-likeness (QED) is 0.492. The van der Waals surface area contributed by atoms with Crippen molar-refractivity contribution in [3.05, 3.63) is 45.3 Å². The van der Waals surface area contributed by atoms with E-state index in [0.717, 1.165) is 10.4 Å². The zero-order chi connectivity index (χ0) is 11.7. The number of hydrogen-bond acceptors (Lipinski definition) is 4. The van der Waals surface area contributed by atoms with Gasteiger partial charge in [0.15, 0.2) is 0 Å². The smallest absolute Gasteiger partial charge is 0.292 e. The molecule has 0 radical (unpaired) electrons. The molecule has 0 aliphatic carbocycles. The van der Waals surface area contributed by atoms with Crippen molar-refractivity contribution in [1.82, 2.24) is 0 Å². The van der Waals surface area contributed by atoms with E-state index in [1.54, 1.807) is 23.5 Å². The number of thiophene rings is 1. The molecule has 1 heterocycles. The number of hydrogen-bond donors (Lipinski definition) is 1. The number of rotatable bonds is 2. The van der Waals surface area contributed by atoms with Gasteiger partial charge in [-0.05, 0) is 36.8 Å². The van der Waals surface area contributed by atoms with Crippen molar-refractivity contribution in [2.24, 2.45) is 0 Å². The number of nitrogen functional groups attached to an aromatic ring is 1. The number of aryl methyl sites for hydroxylation is 1. The van der Waals surface area contributed by atoms with Crippen molar-refractivity contribution >= 4 is 22.7 Å². The van der Waals surface area contributed by atoms with Crippen LogP contribution in [0.2, 0.25) is 0 Å². The lowest BCUT2D eigenvalue weighted by atomic mass is 10.1. The topological polar surface area (TPSA) is 69.2 Å². The molecule has 4 nitrogen and oxygen atoms in total. The summed E-state index contributed by atoms with van der Waals surface area (Å²) in [6.07, 6.45) is 0. The van der Waals surface area contributed by atoms with Gasteiger partial charge in [-0.2, -0.15) is 0 Å². The summed E-state index contributed by atoms with van der Waals surface area (Å²) in [5.74, 6) is 0. The lowest BCUT2D eigenvalue weighted by Crippen LogP contribution is -1.95. The SMILES string of the molecule is Cc1ccc(-c2ccc([N+](=O)[O-])c(N)c2)s1. The summed E-state index contributed by atoms with van der Waals surface area (Å²) in [5.41, 5.74) is 6.71. The Bertz CT molecular complexity index is 549. The van der Waals surface area contributed by atoms with E-state index in [1.165, 1.54) is 10.9 Å². The lowest BCUT2D eigenvalue weighted by Gasteiger charge is -2.00. The second kappa shape index (κ2) is 3.94. The number of anilines is 1. The molecule has 2 aromatic rings. The standard InChI is InChI=1S/C11H10N2O2S/c1-7-2-5-11(16-7)8-3-4-10(13(14)15)9(12)6-8/h2-6H,12H2,1H3. The second-order valence-corrected chi connectivity index (χ2v) is 4.73.